The van der Waals surface area contributed by atoms with Crippen LogP contribution < -0.4 is 9.62 Å². The summed E-state index contributed by atoms with van der Waals surface area (Å²) in [6.07, 6.45) is 5.00. The number of hydrogen-bond acceptors (Lipinski definition) is 4. The highest BCUT2D eigenvalue weighted by molar-refractivity contribution is 7.92. The van der Waals surface area contributed by atoms with Gasteiger partial charge in [-0.2, -0.15) is 0 Å². The van der Waals surface area contributed by atoms with E-state index in [2.05, 4.69) is 5.32 Å². The van der Waals surface area contributed by atoms with Gasteiger partial charge in [-0.3, -0.25) is 13.9 Å². The van der Waals surface area contributed by atoms with Crippen molar-refractivity contribution in [2.45, 2.75) is 75.9 Å². The molecule has 1 aliphatic carbocycles. The van der Waals surface area contributed by atoms with Gasteiger partial charge in [0.05, 0.1) is 10.6 Å². The summed E-state index contributed by atoms with van der Waals surface area (Å²) in [5, 5.41) is 3.17. The maximum atomic E-state index is 15.2. The van der Waals surface area contributed by atoms with E-state index < -0.39 is 34.3 Å². The van der Waals surface area contributed by atoms with E-state index in [4.69, 9.17) is 0 Å². The topological polar surface area (TPSA) is 86.8 Å². The Labute approximate surface area is 277 Å². The van der Waals surface area contributed by atoms with Crippen LogP contribution in [0.3, 0.4) is 0 Å². The molecule has 0 aromatic heterocycles. The van der Waals surface area contributed by atoms with Crippen molar-refractivity contribution in [3.63, 3.8) is 0 Å². The van der Waals surface area contributed by atoms with Gasteiger partial charge in [0, 0.05) is 24.6 Å². The van der Waals surface area contributed by atoms with Crippen LogP contribution in [-0.4, -0.2) is 43.8 Å². The minimum atomic E-state index is -4.22. The molecule has 0 saturated heterocycles. The van der Waals surface area contributed by atoms with Crippen molar-refractivity contribution in [3.8, 4) is 0 Å². The summed E-state index contributed by atoms with van der Waals surface area (Å²) < 4.78 is 44.8. The second-order valence-corrected chi connectivity index (χ2v) is 14.1. The van der Waals surface area contributed by atoms with E-state index in [0.717, 1.165) is 47.5 Å². The number of sulfonamides is 1. The van der Waals surface area contributed by atoms with Gasteiger partial charge in [-0.05, 0) is 67.6 Å². The van der Waals surface area contributed by atoms with Gasteiger partial charge in [0.1, 0.15) is 18.4 Å². The summed E-state index contributed by atoms with van der Waals surface area (Å²) in [6, 6.07) is 27.9. The Morgan fingerprint density at radius 2 is 1.49 bits per heavy atom. The van der Waals surface area contributed by atoms with Gasteiger partial charge in [0.25, 0.3) is 10.0 Å². The Morgan fingerprint density at radius 3 is 2.17 bits per heavy atom. The van der Waals surface area contributed by atoms with Crippen LogP contribution in [0.4, 0.5) is 10.1 Å². The van der Waals surface area contributed by atoms with E-state index in [1.807, 2.05) is 49.4 Å². The fourth-order valence-electron chi connectivity index (χ4n) is 6.13. The number of halogens is 1. The highest BCUT2D eigenvalue weighted by atomic mass is 32.2. The second-order valence-electron chi connectivity index (χ2n) is 12.3. The molecule has 1 N–H and O–H groups in total. The molecule has 7 nitrogen and oxygen atoms in total. The fraction of sp³-hybridized carbons (Fsp3) is 0.316. The number of aryl methyl sites for hydroxylation is 2. The molecule has 9 heteroatoms. The number of hydrogen-bond donors (Lipinski definition) is 1. The second kappa shape index (κ2) is 15.4. The molecule has 1 aliphatic rings. The molecule has 0 radical (unpaired) electrons. The van der Waals surface area contributed by atoms with Crippen molar-refractivity contribution in [1.82, 2.24) is 10.2 Å². The molecule has 0 spiro atoms. The first-order valence-corrected chi connectivity index (χ1v) is 17.6. The van der Waals surface area contributed by atoms with Gasteiger partial charge in [-0.1, -0.05) is 98.1 Å². The molecular weight excluding hydrogens is 614 g/mol. The lowest BCUT2D eigenvalue weighted by molar-refractivity contribution is -0.140. The molecule has 0 aliphatic heterocycles. The molecule has 1 fully saturated rings. The van der Waals surface area contributed by atoms with E-state index in [-0.39, 0.29) is 35.4 Å². The summed E-state index contributed by atoms with van der Waals surface area (Å²) >= 11 is 0. The standard InChI is InChI=1S/C38H42FN3O4S/c1-28-22-23-29(2)35(24-28)42(47(45,46)33-19-10-5-11-20-33)27-37(43)41(26-31-16-12-13-21-34(31)39)36(25-30-14-6-3-7-15-30)38(44)40-32-17-8-4-9-18-32/h3,5-7,10-16,19-24,32,36H,4,8-9,17-18,25-27H2,1-2H3,(H,40,44)/t36-/m0/s1. The van der Waals surface area contributed by atoms with E-state index in [1.165, 1.54) is 23.1 Å². The molecule has 0 heterocycles. The minimum absolute atomic E-state index is 0.0233. The highest BCUT2D eigenvalue weighted by Crippen LogP contribution is 2.29. The third-order valence-electron chi connectivity index (χ3n) is 8.76. The van der Waals surface area contributed by atoms with E-state index >= 15 is 4.39 Å². The van der Waals surface area contributed by atoms with Crippen molar-refractivity contribution >= 4 is 27.5 Å². The number of amides is 2. The summed E-state index contributed by atoms with van der Waals surface area (Å²) in [5.41, 5.74) is 2.90. The number of rotatable bonds is 12. The largest absolute Gasteiger partial charge is 0.352 e. The van der Waals surface area contributed by atoms with Crippen LogP contribution in [-0.2, 0) is 32.6 Å². The van der Waals surface area contributed by atoms with E-state index in [0.29, 0.717) is 11.3 Å². The molecule has 1 saturated carbocycles. The average Bonchev–Trinajstić information content (AvgIpc) is 3.08. The van der Waals surface area contributed by atoms with Gasteiger partial charge >= 0.3 is 0 Å². The normalized spacial score (nSPS) is 14.3. The third-order valence-corrected chi connectivity index (χ3v) is 10.5. The molecule has 0 unspecified atom stereocenters. The number of anilines is 1. The van der Waals surface area contributed by atoms with Gasteiger partial charge in [0.15, 0.2) is 0 Å². The number of carbonyl (C=O) groups is 2. The molecule has 47 heavy (non-hydrogen) atoms. The molecule has 0 bridgehead atoms. The number of benzene rings is 4. The van der Waals surface area contributed by atoms with Crippen molar-refractivity contribution in [2.24, 2.45) is 0 Å². The Bertz CT molecular complexity index is 1780. The average molecular weight is 656 g/mol. The molecule has 246 valence electrons. The van der Waals surface area contributed by atoms with Gasteiger partial charge in [0.2, 0.25) is 11.8 Å². The highest BCUT2D eigenvalue weighted by Gasteiger charge is 2.36. The van der Waals surface area contributed by atoms with Crippen LogP contribution >= 0.6 is 0 Å². The SMILES string of the molecule is Cc1ccc(C)c(N(CC(=O)N(Cc2ccccc2F)[C@@H](Cc2ccccc2)C(=O)NC2CCCCC2)S(=O)(=O)c2ccccc2)c1. The quantitative estimate of drug-likeness (QED) is 0.184. The first-order valence-electron chi connectivity index (χ1n) is 16.2. The first-order chi connectivity index (χ1) is 22.6. The molecule has 4 aromatic carbocycles. The van der Waals surface area contributed by atoms with Gasteiger partial charge < -0.3 is 10.2 Å². The van der Waals surface area contributed by atoms with Crippen LogP contribution in [0.25, 0.3) is 0 Å². The predicted octanol–water partition coefficient (Wildman–Crippen LogP) is 6.73. The zero-order valence-electron chi connectivity index (χ0n) is 26.9. The lowest BCUT2D eigenvalue weighted by Crippen LogP contribution is -2.55. The van der Waals surface area contributed by atoms with Crippen molar-refractivity contribution in [1.29, 1.82) is 0 Å². The zero-order valence-corrected chi connectivity index (χ0v) is 27.8. The van der Waals surface area contributed by atoms with Crippen LogP contribution in [0, 0.1) is 19.7 Å². The molecular formula is C38H42FN3O4S. The molecule has 4 aromatic rings. The monoisotopic (exact) mass is 655 g/mol. The Balaban J connectivity index is 1.59. The maximum absolute atomic E-state index is 15.2. The van der Waals surface area contributed by atoms with Gasteiger partial charge in [-0.25, -0.2) is 12.8 Å². The van der Waals surface area contributed by atoms with Crippen LogP contribution in [0.15, 0.2) is 108 Å². The van der Waals surface area contributed by atoms with Crippen molar-refractivity contribution in [3.05, 3.63) is 131 Å². The van der Waals surface area contributed by atoms with E-state index in [1.54, 1.807) is 49.4 Å². The molecule has 2 amide bonds. The summed E-state index contributed by atoms with van der Waals surface area (Å²) in [6.45, 7) is 2.85. The zero-order chi connectivity index (χ0) is 33.4. The Morgan fingerprint density at radius 1 is 0.851 bits per heavy atom. The molecule has 1 atom stereocenters. The summed E-state index contributed by atoms with van der Waals surface area (Å²) in [4.78, 5) is 30.2. The third kappa shape index (κ3) is 8.46. The number of carbonyl (C=O) groups excluding carboxylic acids is 2. The predicted molar refractivity (Wildman–Crippen MR) is 183 cm³/mol. The Hall–Kier alpha value is -4.50. The smallest absolute Gasteiger partial charge is 0.264 e. The lowest BCUT2D eigenvalue weighted by atomic mass is 9.94. The van der Waals surface area contributed by atoms with Crippen LogP contribution in [0.1, 0.15) is 54.4 Å². The van der Waals surface area contributed by atoms with Crippen LogP contribution in [0.5, 0.6) is 0 Å². The Kier molecular flexibility index (Phi) is 11.1. The molecule has 5 rings (SSSR count). The van der Waals surface area contributed by atoms with Crippen molar-refractivity contribution < 1.29 is 22.4 Å². The fourth-order valence-corrected chi connectivity index (χ4v) is 7.62. The van der Waals surface area contributed by atoms with E-state index in [9.17, 15) is 18.0 Å². The minimum Gasteiger partial charge on any atom is -0.352 e. The lowest BCUT2D eigenvalue weighted by Gasteiger charge is -2.35. The summed E-state index contributed by atoms with van der Waals surface area (Å²) in [5.74, 6) is -1.47. The summed E-state index contributed by atoms with van der Waals surface area (Å²) in [7, 11) is -4.22. The van der Waals surface area contributed by atoms with Crippen LogP contribution in [0.2, 0.25) is 0 Å². The number of nitrogens with one attached hydrogen (secondary N) is 1. The number of nitrogens with zero attached hydrogens (tertiary/aromatic N) is 2. The first kappa shape index (κ1) is 33.9. The van der Waals surface area contributed by atoms with Gasteiger partial charge in [-0.15, -0.1) is 0 Å². The van der Waals surface area contributed by atoms with Crippen molar-refractivity contribution in [2.75, 3.05) is 10.8 Å². The maximum Gasteiger partial charge on any atom is 0.264 e.